The number of hydrogen-bond acceptors (Lipinski definition) is 4. The van der Waals surface area contributed by atoms with Crippen LogP contribution in [0.3, 0.4) is 0 Å². The van der Waals surface area contributed by atoms with Crippen molar-refractivity contribution in [2.24, 2.45) is 7.05 Å². The molecule has 0 radical (unpaired) electrons. The summed E-state index contributed by atoms with van der Waals surface area (Å²) in [5.41, 5.74) is 1.18. The van der Waals surface area contributed by atoms with Crippen LogP contribution in [0, 0.1) is 0 Å². The van der Waals surface area contributed by atoms with Gasteiger partial charge in [-0.05, 0) is 49.6 Å². The van der Waals surface area contributed by atoms with Crippen molar-refractivity contribution in [2.75, 3.05) is 5.32 Å². The zero-order chi connectivity index (χ0) is 16.2. The Kier molecular flexibility index (Phi) is 4.62. The molecule has 1 saturated carbocycles. The number of amides is 1. The fraction of sp³-hybridized carbons (Fsp3) is 0.412. The third kappa shape index (κ3) is 3.71. The number of anilines is 1. The van der Waals surface area contributed by atoms with Gasteiger partial charge in [0.05, 0.1) is 6.10 Å². The van der Waals surface area contributed by atoms with Gasteiger partial charge in [0.1, 0.15) is 17.5 Å². The number of benzene rings is 1. The van der Waals surface area contributed by atoms with E-state index >= 15 is 0 Å². The van der Waals surface area contributed by atoms with Gasteiger partial charge in [-0.1, -0.05) is 6.42 Å². The third-order valence-corrected chi connectivity index (χ3v) is 4.12. The lowest BCUT2D eigenvalue weighted by molar-refractivity contribution is 0.00688. The summed E-state index contributed by atoms with van der Waals surface area (Å²) < 4.78 is 7.37. The molecule has 1 fully saturated rings. The Labute approximate surface area is 135 Å². The molecule has 0 unspecified atom stereocenters. The van der Waals surface area contributed by atoms with E-state index in [0.717, 1.165) is 25.7 Å². The molecule has 2 aromatic rings. The molecule has 1 heterocycles. The smallest absolute Gasteiger partial charge is 0.273 e. The number of aliphatic hydroxyl groups is 1. The molecule has 6 nitrogen and oxygen atoms in total. The van der Waals surface area contributed by atoms with E-state index < -0.39 is 6.10 Å². The highest BCUT2D eigenvalue weighted by molar-refractivity contribution is 6.02. The van der Waals surface area contributed by atoms with Crippen LogP contribution in [0.4, 0.5) is 5.69 Å². The van der Waals surface area contributed by atoms with Crippen molar-refractivity contribution in [3.63, 3.8) is 0 Å². The lowest BCUT2D eigenvalue weighted by Crippen LogP contribution is -2.34. The number of aryl methyl sites for hydroxylation is 1. The molecule has 0 spiro atoms. The van der Waals surface area contributed by atoms with Crippen LogP contribution in [0.1, 0.15) is 36.2 Å². The molecule has 1 aliphatic rings. The highest BCUT2D eigenvalue weighted by Gasteiger charge is 2.24. The van der Waals surface area contributed by atoms with E-state index in [1.54, 1.807) is 43.6 Å². The summed E-state index contributed by atoms with van der Waals surface area (Å²) in [6, 6.07) is 8.86. The summed E-state index contributed by atoms with van der Waals surface area (Å²) in [5, 5.41) is 16.7. The van der Waals surface area contributed by atoms with E-state index in [9.17, 15) is 9.90 Å². The van der Waals surface area contributed by atoms with Crippen LogP contribution in [0.5, 0.6) is 5.75 Å². The maximum absolute atomic E-state index is 12.1. The van der Waals surface area contributed by atoms with Gasteiger partial charge in [-0.2, -0.15) is 5.10 Å². The number of nitrogens with zero attached hydrogens (tertiary/aromatic N) is 2. The summed E-state index contributed by atoms with van der Waals surface area (Å²) in [5.74, 6) is 0.496. The Morgan fingerprint density at radius 2 is 2.00 bits per heavy atom. The molecule has 2 atom stereocenters. The van der Waals surface area contributed by atoms with Gasteiger partial charge in [-0.15, -0.1) is 0 Å². The van der Waals surface area contributed by atoms with Crippen LogP contribution >= 0.6 is 0 Å². The first-order valence-electron chi connectivity index (χ1n) is 7.87. The van der Waals surface area contributed by atoms with Gasteiger partial charge in [0.15, 0.2) is 0 Å². The van der Waals surface area contributed by atoms with Crippen molar-refractivity contribution < 1.29 is 14.6 Å². The second-order valence-corrected chi connectivity index (χ2v) is 5.83. The fourth-order valence-electron chi connectivity index (χ4n) is 2.80. The monoisotopic (exact) mass is 315 g/mol. The van der Waals surface area contributed by atoms with Gasteiger partial charge in [-0.3, -0.25) is 9.48 Å². The molecule has 0 bridgehead atoms. The second-order valence-electron chi connectivity index (χ2n) is 5.83. The van der Waals surface area contributed by atoms with Crippen LogP contribution in [0.25, 0.3) is 0 Å². The number of carbonyl (C=O) groups excluding carboxylic acids is 1. The first-order valence-corrected chi connectivity index (χ1v) is 7.87. The molecular weight excluding hydrogens is 294 g/mol. The molecule has 1 amide bonds. The number of carbonyl (C=O) groups is 1. The predicted molar refractivity (Wildman–Crippen MR) is 86.5 cm³/mol. The van der Waals surface area contributed by atoms with Crippen molar-refractivity contribution in [1.29, 1.82) is 0 Å². The molecule has 2 N–H and O–H groups in total. The largest absolute Gasteiger partial charge is 0.488 e. The van der Waals surface area contributed by atoms with E-state index in [0.29, 0.717) is 17.1 Å². The summed E-state index contributed by atoms with van der Waals surface area (Å²) in [6.07, 6.45) is 4.86. The minimum absolute atomic E-state index is 0.140. The molecule has 3 rings (SSSR count). The lowest BCUT2D eigenvalue weighted by atomic mass is 9.95. The van der Waals surface area contributed by atoms with Crippen molar-refractivity contribution in [1.82, 2.24) is 9.78 Å². The van der Waals surface area contributed by atoms with Gasteiger partial charge in [-0.25, -0.2) is 0 Å². The summed E-state index contributed by atoms with van der Waals surface area (Å²) in [7, 11) is 1.72. The Morgan fingerprint density at radius 1 is 1.26 bits per heavy atom. The van der Waals surface area contributed by atoms with Crippen molar-refractivity contribution in [3.05, 3.63) is 42.2 Å². The summed E-state index contributed by atoms with van der Waals surface area (Å²) >= 11 is 0. The van der Waals surface area contributed by atoms with Crippen molar-refractivity contribution in [2.45, 2.75) is 37.9 Å². The third-order valence-electron chi connectivity index (χ3n) is 4.12. The number of rotatable bonds is 4. The fourth-order valence-corrected chi connectivity index (χ4v) is 2.80. The Hall–Kier alpha value is -2.34. The van der Waals surface area contributed by atoms with E-state index in [1.807, 2.05) is 0 Å². The van der Waals surface area contributed by atoms with Crippen molar-refractivity contribution in [3.8, 4) is 5.75 Å². The molecule has 1 aliphatic carbocycles. The molecule has 6 heteroatoms. The Bertz CT molecular complexity index is 666. The van der Waals surface area contributed by atoms with Crippen LogP contribution in [-0.2, 0) is 7.05 Å². The average Bonchev–Trinajstić information content (AvgIpc) is 2.98. The molecule has 0 saturated heterocycles. The van der Waals surface area contributed by atoms with E-state index in [4.69, 9.17) is 4.74 Å². The van der Waals surface area contributed by atoms with Gasteiger partial charge in [0.2, 0.25) is 0 Å². The highest BCUT2D eigenvalue weighted by atomic mass is 16.5. The quantitative estimate of drug-likeness (QED) is 0.908. The SMILES string of the molecule is Cn1nccc1C(=O)Nc1ccc(O[C@@H]2CCCC[C@H]2O)cc1. The zero-order valence-electron chi connectivity index (χ0n) is 13.1. The maximum Gasteiger partial charge on any atom is 0.273 e. The van der Waals surface area contributed by atoms with E-state index in [2.05, 4.69) is 10.4 Å². The van der Waals surface area contributed by atoms with Crippen LogP contribution in [-0.4, -0.2) is 33.0 Å². The average molecular weight is 315 g/mol. The highest BCUT2D eigenvalue weighted by Crippen LogP contribution is 2.25. The summed E-state index contributed by atoms with van der Waals surface area (Å²) in [4.78, 5) is 12.1. The van der Waals surface area contributed by atoms with E-state index in [1.165, 1.54) is 4.68 Å². The number of nitrogens with one attached hydrogen (secondary N) is 1. The van der Waals surface area contributed by atoms with Crippen molar-refractivity contribution >= 4 is 11.6 Å². The van der Waals surface area contributed by atoms with Crippen LogP contribution < -0.4 is 10.1 Å². The molecule has 23 heavy (non-hydrogen) atoms. The van der Waals surface area contributed by atoms with Crippen LogP contribution in [0.15, 0.2) is 36.5 Å². The Balaban J connectivity index is 1.61. The minimum Gasteiger partial charge on any atom is -0.488 e. The van der Waals surface area contributed by atoms with E-state index in [-0.39, 0.29) is 12.0 Å². The molecule has 1 aromatic carbocycles. The minimum atomic E-state index is -0.395. The molecular formula is C17H21N3O3. The van der Waals surface area contributed by atoms with Crippen LogP contribution in [0.2, 0.25) is 0 Å². The zero-order valence-corrected chi connectivity index (χ0v) is 13.1. The maximum atomic E-state index is 12.1. The predicted octanol–water partition coefficient (Wildman–Crippen LogP) is 2.35. The Morgan fingerprint density at radius 3 is 2.65 bits per heavy atom. The van der Waals surface area contributed by atoms with Gasteiger partial charge >= 0.3 is 0 Å². The number of aromatic nitrogens is 2. The molecule has 1 aromatic heterocycles. The number of aliphatic hydroxyl groups excluding tert-OH is 1. The molecule has 0 aliphatic heterocycles. The lowest BCUT2D eigenvalue weighted by Gasteiger charge is -2.28. The van der Waals surface area contributed by atoms with Gasteiger partial charge in [0.25, 0.3) is 5.91 Å². The normalized spacial score (nSPS) is 21.0. The topological polar surface area (TPSA) is 76.4 Å². The number of hydrogen-bond donors (Lipinski definition) is 2. The second kappa shape index (κ2) is 6.83. The first kappa shape index (κ1) is 15.6. The van der Waals surface area contributed by atoms with Gasteiger partial charge in [0, 0.05) is 18.9 Å². The first-order chi connectivity index (χ1) is 11.1. The summed E-state index contributed by atoms with van der Waals surface area (Å²) in [6.45, 7) is 0. The molecule has 122 valence electrons. The van der Waals surface area contributed by atoms with Gasteiger partial charge < -0.3 is 15.2 Å². The number of ether oxygens (including phenoxy) is 1. The standard InChI is InChI=1S/C17H21N3O3/c1-20-14(10-11-18-20)17(22)19-12-6-8-13(9-7-12)23-16-5-3-2-4-15(16)21/h6-11,15-16,21H,2-5H2,1H3,(H,19,22)/t15-,16-/m1/s1.